The van der Waals surface area contributed by atoms with Gasteiger partial charge in [-0.3, -0.25) is 5.32 Å². The standard InChI is InChI=1S/C12H24N2O/c1-4-14-6-5-10(7-14)11-13-8-12(2,3)9-15-11/h10-11,13H,4-9H2,1-3H3. The van der Waals surface area contributed by atoms with E-state index >= 15 is 0 Å². The van der Waals surface area contributed by atoms with Crippen LogP contribution < -0.4 is 5.32 Å². The first-order valence-corrected chi connectivity index (χ1v) is 6.18. The molecule has 3 heteroatoms. The fraction of sp³-hybridized carbons (Fsp3) is 1.00. The Morgan fingerprint density at radius 2 is 2.27 bits per heavy atom. The Kier molecular flexibility index (Phi) is 3.33. The van der Waals surface area contributed by atoms with Crippen LogP contribution in [0.15, 0.2) is 0 Å². The number of nitrogens with one attached hydrogen (secondary N) is 1. The molecular weight excluding hydrogens is 188 g/mol. The molecule has 2 atom stereocenters. The molecule has 2 heterocycles. The summed E-state index contributed by atoms with van der Waals surface area (Å²) in [4.78, 5) is 2.51. The monoisotopic (exact) mass is 212 g/mol. The Labute approximate surface area is 93.2 Å². The first-order valence-electron chi connectivity index (χ1n) is 6.18. The zero-order valence-electron chi connectivity index (χ0n) is 10.3. The van der Waals surface area contributed by atoms with Crippen LogP contribution in [-0.4, -0.2) is 43.9 Å². The van der Waals surface area contributed by atoms with Gasteiger partial charge in [0, 0.05) is 24.4 Å². The van der Waals surface area contributed by atoms with Crippen molar-refractivity contribution in [1.82, 2.24) is 10.2 Å². The van der Waals surface area contributed by atoms with Gasteiger partial charge in [0.1, 0.15) is 6.23 Å². The molecule has 2 rings (SSSR count). The van der Waals surface area contributed by atoms with Crippen LogP contribution in [0.2, 0.25) is 0 Å². The van der Waals surface area contributed by atoms with Crippen molar-refractivity contribution in [2.45, 2.75) is 33.4 Å². The van der Waals surface area contributed by atoms with Crippen molar-refractivity contribution in [3.05, 3.63) is 0 Å². The van der Waals surface area contributed by atoms with E-state index in [9.17, 15) is 0 Å². The molecule has 2 unspecified atom stereocenters. The summed E-state index contributed by atoms with van der Waals surface area (Å²) >= 11 is 0. The summed E-state index contributed by atoms with van der Waals surface area (Å²) in [6.07, 6.45) is 1.58. The summed E-state index contributed by atoms with van der Waals surface area (Å²) in [5.74, 6) is 0.695. The van der Waals surface area contributed by atoms with Crippen LogP contribution in [-0.2, 0) is 4.74 Å². The van der Waals surface area contributed by atoms with Crippen LogP contribution in [0.5, 0.6) is 0 Å². The molecular formula is C12H24N2O. The van der Waals surface area contributed by atoms with Gasteiger partial charge in [-0.05, 0) is 19.5 Å². The van der Waals surface area contributed by atoms with E-state index in [0.717, 1.165) is 13.2 Å². The number of hydrogen-bond donors (Lipinski definition) is 1. The number of likely N-dealkylation sites (tertiary alicyclic amines) is 1. The van der Waals surface area contributed by atoms with E-state index in [1.165, 1.54) is 26.1 Å². The maximum Gasteiger partial charge on any atom is 0.112 e. The first kappa shape index (κ1) is 11.4. The van der Waals surface area contributed by atoms with E-state index < -0.39 is 0 Å². The fourth-order valence-corrected chi connectivity index (χ4v) is 2.50. The van der Waals surface area contributed by atoms with Gasteiger partial charge in [-0.1, -0.05) is 20.8 Å². The SMILES string of the molecule is CCN1CCC(C2NCC(C)(C)CO2)C1. The molecule has 0 saturated carbocycles. The van der Waals surface area contributed by atoms with Crippen molar-refractivity contribution in [3.63, 3.8) is 0 Å². The lowest BCUT2D eigenvalue weighted by Crippen LogP contribution is -2.51. The minimum absolute atomic E-state index is 0.301. The predicted molar refractivity (Wildman–Crippen MR) is 61.7 cm³/mol. The average Bonchev–Trinajstić information content (AvgIpc) is 2.66. The maximum absolute atomic E-state index is 5.93. The Hall–Kier alpha value is -0.120. The van der Waals surface area contributed by atoms with Crippen LogP contribution in [0.25, 0.3) is 0 Å². The van der Waals surface area contributed by atoms with E-state index in [0.29, 0.717) is 17.6 Å². The molecule has 0 bridgehead atoms. The Bertz CT molecular complexity index is 208. The molecule has 0 aromatic heterocycles. The number of hydrogen-bond acceptors (Lipinski definition) is 3. The van der Waals surface area contributed by atoms with Crippen LogP contribution in [0.4, 0.5) is 0 Å². The second-order valence-electron chi connectivity index (χ2n) is 5.72. The van der Waals surface area contributed by atoms with Crippen molar-refractivity contribution in [2.24, 2.45) is 11.3 Å². The molecule has 0 amide bonds. The molecule has 0 spiro atoms. The zero-order chi connectivity index (χ0) is 10.9. The predicted octanol–water partition coefficient (Wildman–Crippen LogP) is 1.30. The third kappa shape index (κ3) is 2.71. The van der Waals surface area contributed by atoms with Gasteiger partial charge >= 0.3 is 0 Å². The summed E-state index contributed by atoms with van der Waals surface area (Å²) in [7, 11) is 0. The van der Waals surface area contributed by atoms with Crippen molar-refractivity contribution in [2.75, 3.05) is 32.8 Å². The molecule has 2 aliphatic heterocycles. The third-order valence-corrected chi connectivity index (χ3v) is 3.62. The minimum atomic E-state index is 0.301. The van der Waals surface area contributed by atoms with Crippen LogP contribution in [0.1, 0.15) is 27.2 Å². The lowest BCUT2D eigenvalue weighted by molar-refractivity contribution is -0.0826. The molecule has 0 radical (unpaired) electrons. The van der Waals surface area contributed by atoms with Crippen molar-refractivity contribution in [3.8, 4) is 0 Å². The van der Waals surface area contributed by atoms with Gasteiger partial charge in [0.05, 0.1) is 6.61 Å². The highest BCUT2D eigenvalue weighted by Gasteiger charge is 2.34. The molecule has 3 nitrogen and oxygen atoms in total. The summed E-state index contributed by atoms with van der Waals surface area (Å²) in [6, 6.07) is 0. The molecule has 0 aromatic carbocycles. The van der Waals surface area contributed by atoms with Crippen molar-refractivity contribution in [1.29, 1.82) is 0 Å². The number of nitrogens with zero attached hydrogens (tertiary/aromatic N) is 1. The molecule has 88 valence electrons. The quantitative estimate of drug-likeness (QED) is 0.747. The lowest BCUT2D eigenvalue weighted by atomic mass is 9.92. The van der Waals surface area contributed by atoms with Gasteiger partial charge in [-0.15, -0.1) is 0 Å². The van der Waals surface area contributed by atoms with Crippen molar-refractivity contribution >= 4 is 0 Å². The van der Waals surface area contributed by atoms with Crippen LogP contribution >= 0.6 is 0 Å². The Morgan fingerprint density at radius 3 is 2.80 bits per heavy atom. The largest absolute Gasteiger partial charge is 0.362 e. The summed E-state index contributed by atoms with van der Waals surface area (Å²) in [6.45, 7) is 12.3. The Morgan fingerprint density at radius 1 is 1.47 bits per heavy atom. The van der Waals surface area contributed by atoms with Gasteiger partial charge in [0.2, 0.25) is 0 Å². The molecule has 2 saturated heterocycles. The molecule has 1 N–H and O–H groups in total. The highest BCUT2D eigenvalue weighted by Crippen LogP contribution is 2.26. The van der Waals surface area contributed by atoms with Gasteiger partial charge in [-0.2, -0.15) is 0 Å². The maximum atomic E-state index is 5.93. The molecule has 0 aliphatic carbocycles. The third-order valence-electron chi connectivity index (χ3n) is 3.62. The van der Waals surface area contributed by atoms with Gasteiger partial charge in [0.15, 0.2) is 0 Å². The Balaban J connectivity index is 1.81. The van der Waals surface area contributed by atoms with E-state index in [1.807, 2.05) is 0 Å². The molecule has 2 aliphatic rings. The van der Waals surface area contributed by atoms with Crippen LogP contribution in [0.3, 0.4) is 0 Å². The second-order valence-corrected chi connectivity index (χ2v) is 5.72. The minimum Gasteiger partial charge on any atom is -0.362 e. The molecule has 2 fully saturated rings. The number of ether oxygens (including phenoxy) is 1. The van der Waals surface area contributed by atoms with Gasteiger partial charge in [0.25, 0.3) is 0 Å². The van der Waals surface area contributed by atoms with Gasteiger partial charge in [-0.25, -0.2) is 0 Å². The smallest absolute Gasteiger partial charge is 0.112 e. The molecule has 15 heavy (non-hydrogen) atoms. The summed E-state index contributed by atoms with van der Waals surface area (Å²) in [5.41, 5.74) is 0.305. The highest BCUT2D eigenvalue weighted by molar-refractivity contribution is 4.85. The highest BCUT2D eigenvalue weighted by atomic mass is 16.5. The molecule has 0 aromatic rings. The zero-order valence-corrected chi connectivity index (χ0v) is 10.3. The topological polar surface area (TPSA) is 24.5 Å². The van der Waals surface area contributed by atoms with E-state index in [1.54, 1.807) is 0 Å². The normalized spacial score (nSPS) is 37.0. The average molecular weight is 212 g/mol. The van der Waals surface area contributed by atoms with Crippen LogP contribution in [0, 0.1) is 11.3 Å². The summed E-state index contributed by atoms with van der Waals surface area (Å²) in [5, 5.41) is 3.55. The van der Waals surface area contributed by atoms with Gasteiger partial charge < -0.3 is 9.64 Å². The van der Waals surface area contributed by atoms with E-state index in [4.69, 9.17) is 4.74 Å². The summed E-state index contributed by atoms with van der Waals surface area (Å²) < 4.78 is 5.93. The second kappa shape index (κ2) is 4.40. The van der Waals surface area contributed by atoms with Crippen molar-refractivity contribution < 1.29 is 4.74 Å². The lowest BCUT2D eigenvalue weighted by Gasteiger charge is -2.38. The van der Waals surface area contributed by atoms with E-state index in [-0.39, 0.29) is 0 Å². The fourth-order valence-electron chi connectivity index (χ4n) is 2.50. The number of rotatable bonds is 2. The van der Waals surface area contributed by atoms with E-state index in [2.05, 4.69) is 31.0 Å². The first-order chi connectivity index (χ1) is 7.11.